The second-order valence-corrected chi connectivity index (χ2v) is 7.08. The van der Waals surface area contributed by atoms with Crippen LogP contribution in [0.25, 0.3) is 33.3 Å². The molecule has 0 spiro atoms. The lowest BCUT2D eigenvalue weighted by molar-refractivity contribution is 0.628. The van der Waals surface area contributed by atoms with Crippen LogP contribution >= 0.6 is 47.2 Å². The summed E-state index contributed by atoms with van der Waals surface area (Å²) in [5.41, 5.74) is 3.76. The van der Waals surface area contributed by atoms with E-state index >= 15 is 0 Å². The van der Waals surface area contributed by atoms with E-state index in [1.165, 1.54) is 12.1 Å². The predicted octanol–water partition coefficient (Wildman–Crippen LogP) is 8.09. The Labute approximate surface area is 177 Å². The fourth-order valence-electron chi connectivity index (χ4n) is 2.91. The van der Waals surface area contributed by atoms with Crippen molar-refractivity contribution < 1.29 is 4.39 Å². The van der Waals surface area contributed by atoms with Crippen molar-refractivity contribution in [3.8, 4) is 22.4 Å². The lowest BCUT2D eigenvalue weighted by atomic mass is 9.98. The molecule has 0 aliphatic carbocycles. The molecule has 0 unspecified atom stereocenters. The van der Waals surface area contributed by atoms with E-state index in [1.807, 2.05) is 48.5 Å². The molecule has 4 rings (SSSR count). The van der Waals surface area contributed by atoms with Crippen LogP contribution in [0.5, 0.6) is 0 Å². The number of aromatic nitrogens is 1. The van der Waals surface area contributed by atoms with E-state index in [0.717, 1.165) is 22.0 Å². The van der Waals surface area contributed by atoms with E-state index in [9.17, 15) is 4.39 Å². The second kappa shape index (κ2) is 8.04. The first-order chi connectivity index (χ1) is 12.5. The van der Waals surface area contributed by atoms with Crippen molar-refractivity contribution >= 4 is 58.1 Å². The van der Waals surface area contributed by atoms with Gasteiger partial charge in [-0.15, -0.1) is 12.4 Å². The largest absolute Gasteiger partial charge is 0.248 e. The Balaban J connectivity index is 0.00000210. The SMILES string of the molecule is Cl.Fc1cc(-c2cc(-c3ccccc3)c3cc(Cl)ccc3n2)c(Cl)cc1Cl. The maximum Gasteiger partial charge on any atom is 0.142 e. The maximum absolute atomic E-state index is 14.0. The van der Waals surface area contributed by atoms with Gasteiger partial charge in [0, 0.05) is 16.0 Å². The minimum absolute atomic E-state index is 0. The Morgan fingerprint density at radius 1 is 0.741 bits per heavy atom. The summed E-state index contributed by atoms with van der Waals surface area (Å²) in [6, 6.07) is 20.0. The van der Waals surface area contributed by atoms with Crippen LogP contribution in [0.3, 0.4) is 0 Å². The van der Waals surface area contributed by atoms with Crippen molar-refractivity contribution in [3.63, 3.8) is 0 Å². The zero-order chi connectivity index (χ0) is 18.3. The number of nitrogens with zero attached hydrogens (tertiary/aromatic N) is 1. The first kappa shape index (κ1) is 19.9. The first-order valence-corrected chi connectivity index (χ1v) is 8.97. The highest BCUT2D eigenvalue weighted by atomic mass is 35.5. The van der Waals surface area contributed by atoms with Gasteiger partial charge in [-0.1, -0.05) is 65.1 Å². The van der Waals surface area contributed by atoms with Gasteiger partial charge in [-0.05, 0) is 47.5 Å². The molecule has 0 radical (unpaired) electrons. The lowest BCUT2D eigenvalue weighted by Gasteiger charge is -2.12. The third-order valence-electron chi connectivity index (χ3n) is 4.14. The number of benzene rings is 3. The van der Waals surface area contributed by atoms with Crippen LogP contribution < -0.4 is 0 Å². The quantitative estimate of drug-likeness (QED) is 0.288. The smallest absolute Gasteiger partial charge is 0.142 e. The van der Waals surface area contributed by atoms with Crippen LogP contribution in [-0.4, -0.2) is 4.98 Å². The second-order valence-electron chi connectivity index (χ2n) is 5.83. The molecular weight excluding hydrogens is 427 g/mol. The Hall–Kier alpha value is -1.84. The number of rotatable bonds is 2. The molecule has 6 heteroatoms. The molecule has 0 N–H and O–H groups in total. The average Bonchev–Trinajstić information content (AvgIpc) is 2.64. The number of hydrogen-bond donors (Lipinski definition) is 0. The molecule has 136 valence electrons. The standard InChI is InChI=1S/C21H11Cl3FN.ClH/c22-13-6-7-20-15(8-13)14(12-4-2-1-3-5-12)10-21(26-20)16-9-19(25)18(24)11-17(16)23;/h1-11H;1H. The molecule has 0 atom stereocenters. The van der Waals surface area contributed by atoms with E-state index in [0.29, 0.717) is 21.3 Å². The Morgan fingerprint density at radius 2 is 1.48 bits per heavy atom. The van der Waals surface area contributed by atoms with Gasteiger partial charge in [-0.2, -0.15) is 0 Å². The Bertz CT molecular complexity index is 1130. The molecule has 4 aromatic rings. The summed E-state index contributed by atoms with van der Waals surface area (Å²) in [6.45, 7) is 0. The van der Waals surface area contributed by atoms with Gasteiger partial charge in [-0.3, -0.25) is 0 Å². The predicted molar refractivity (Wildman–Crippen MR) is 115 cm³/mol. The number of halogens is 5. The molecule has 0 aliphatic rings. The molecular formula is C21H12Cl4FN. The Kier molecular flexibility index (Phi) is 5.92. The first-order valence-electron chi connectivity index (χ1n) is 7.83. The van der Waals surface area contributed by atoms with Crippen LogP contribution in [0.1, 0.15) is 0 Å². The van der Waals surface area contributed by atoms with Crippen LogP contribution in [0.2, 0.25) is 15.1 Å². The summed E-state index contributed by atoms with van der Waals surface area (Å²) >= 11 is 18.3. The van der Waals surface area contributed by atoms with Gasteiger partial charge in [0.15, 0.2) is 0 Å². The number of hydrogen-bond acceptors (Lipinski definition) is 1. The lowest BCUT2D eigenvalue weighted by Crippen LogP contribution is -1.92. The van der Waals surface area contributed by atoms with Crippen LogP contribution in [0.4, 0.5) is 4.39 Å². The summed E-state index contributed by atoms with van der Waals surface area (Å²) in [4.78, 5) is 4.65. The van der Waals surface area contributed by atoms with Gasteiger partial charge >= 0.3 is 0 Å². The zero-order valence-corrected chi connectivity index (χ0v) is 16.8. The van der Waals surface area contributed by atoms with Gasteiger partial charge < -0.3 is 0 Å². The fourth-order valence-corrected chi connectivity index (χ4v) is 3.56. The molecule has 0 saturated heterocycles. The maximum atomic E-state index is 14.0. The fraction of sp³-hybridized carbons (Fsp3) is 0. The Morgan fingerprint density at radius 3 is 2.22 bits per heavy atom. The van der Waals surface area contributed by atoms with Gasteiger partial charge in [0.1, 0.15) is 5.82 Å². The zero-order valence-electron chi connectivity index (χ0n) is 13.7. The molecule has 1 nitrogen and oxygen atoms in total. The topological polar surface area (TPSA) is 12.9 Å². The van der Waals surface area contributed by atoms with Crippen molar-refractivity contribution in [1.82, 2.24) is 4.98 Å². The highest BCUT2D eigenvalue weighted by Crippen LogP contribution is 2.37. The summed E-state index contributed by atoms with van der Waals surface area (Å²) in [5, 5.41) is 1.86. The van der Waals surface area contributed by atoms with Crippen molar-refractivity contribution in [2.45, 2.75) is 0 Å². The van der Waals surface area contributed by atoms with Crippen LogP contribution in [0, 0.1) is 5.82 Å². The van der Waals surface area contributed by atoms with E-state index < -0.39 is 5.82 Å². The van der Waals surface area contributed by atoms with E-state index in [2.05, 4.69) is 4.98 Å². The van der Waals surface area contributed by atoms with E-state index in [1.54, 1.807) is 6.07 Å². The third-order valence-corrected chi connectivity index (χ3v) is 4.98. The average molecular weight is 439 g/mol. The molecule has 3 aromatic carbocycles. The normalized spacial score (nSPS) is 10.7. The third kappa shape index (κ3) is 3.90. The summed E-state index contributed by atoms with van der Waals surface area (Å²) in [6.07, 6.45) is 0. The van der Waals surface area contributed by atoms with Gasteiger partial charge in [0.2, 0.25) is 0 Å². The van der Waals surface area contributed by atoms with Gasteiger partial charge in [-0.25, -0.2) is 9.37 Å². The van der Waals surface area contributed by atoms with E-state index in [-0.39, 0.29) is 17.4 Å². The highest BCUT2D eigenvalue weighted by molar-refractivity contribution is 6.36. The minimum atomic E-state index is -0.537. The minimum Gasteiger partial charge on any atom is -0.248 e. The molecule has 0 bridgehead atoms. The van der Waals surface area contributed by atoms with Crippen molar-refractivity contribution in [2.24, 2.45) is 0 Å². The highest BCUT2D eigenvalue weighted by Gasteiger charge is 2.14. The van der Waals surface area contributed by atoms with Crippen LogP contribution in [-0.2, 0) is 0 Å². The molecule has 0 amide bonds. The van der Waals surface area contributed by atoms with Gasteiger partial charge in [0.05, 0.1) is 21.3 Å². The van der Waals surface area contributed by atoms with Gasteiger partial charge in [0.25, 0.3) is 0 Å². The molecule has 0 fully saturated rings. The molecule has 0 saturated carbocycles. The molecule has 27 heavy (non-hydrogen) atoms. The molecule has 1 heterocycles. The number of pyridine rings is 1. The summed E-state index contributed by atoms with van der Waals surface area (Å²) < 4.78 is 14.0. The monoisotopic (exact) mass is 437 g/mol. The van der Waals surface area contributed by atoms with Crippen molar-refractivity contribution in [1.29, 1.82) is 0 Å². The van der Waals surface area contributed by atoms with Crippen molar-refractivity contribution in [2.75, 3.05) is 0 Å². The summed E-state index contributed by atoms with van der Waals surface area (Å²) in [7, 11) is 0. The van der Waals surface area contributed by atoms with E-state index in [4.69, 9.17) is 34.8 Å². The van der Waals surface area contributed by atoms with Crippen molar-refractivity contribution in [3.05, 3.63) is 87.6 Å². The number of fused-ring (bicyclic) bond motifs is 1. The summed E-state index contributed by atoms with van der Waals surface area (Å²) in [5.74, 6) is -0.537. The molecule has 0 aliphatic heterocycles. The molecule has 1 aromatic heterocycles. The van der Waals surface area contributed by atoms with Crippen LogP contribution in [0.15, 0.2) is 66.7 Å².